The highest BCUT2D eigenvalue weighted by Crippen LogP contribution is 2.27. The summed E-state index contributed by atoms with van der Waals surface area (Å²) in [5.74, 6) is 0. The first-order chi connectivity index (χ1) is 11.5. The zero-order valence-electron chi connectivity index (χ0n) is 13.2. The van der Waals surface area contributed by atoms with Gasteiger partial charge in [-0.2, -0.15) is 0 Å². The normalized spacial score (nSPS) is 11.4. The van der Waals surface area contributed by atoms with Crippen molar-refractivity contribution >= 4 is 57.7 Å². The summed E-state index contributed by atoms with van der Waals surface area (Å²) in [4.78, 5) is 4.52. The van der Waals surface area contributed by atoms with Gasteiger partial charge in [0.15, 0.2) is 0 Å². The highest BCUT2D eigenvalue weighted by atomic mass is 127. The molecule has 0 aliphatic heterocycles. The maximum atomic E-state index is 6.04. The summed E-state index contributed by atoms with van der Waals surface area (Å²) in [5.41, 5.74) is 5.34. The van der Waals surface area contributed by atoms with Gasteiger partial charge in [-0.25, -0.2) is 0 Å². The Morgan fingerprint density at radius 3 is 2.33 bits per heavy atom. The molecule has 0 N–H and O–H groups in total. The largest absolute Gasteiger partial charge is 0.318 e. The van der Waals surface area contributed by atoms with Gasteiger partial charge in [-0.1, -0.05) is 23.2 Å². The number of aryl methyl sites for hydroxylation is 1. The standard InChI is InChI=1S/C19H15Cl2IN2/c1-12-9-14(11-23-16-5-8-18(20)19(21)10-16)13(2)24(12)17-6-3-15(22)4-7-17/h3-11H,1-2H3. The van der Waals surface area contributed by atoms with Crippen LogP contribution in [0.15, 0.2) is 53.5 Å². The van der Waals surface area contributed by atoms with Gasteiger partial charge in [0.25, 0.3) is 0 Å². The molecule has 0 saturated heterocycles. The molecule has 0 radical (unpaired) electrons. The number of hydrogen-bond acceptors (Lipinski definition) is 1. The Hall–Kier alpha value is -1.30. The Kier molecular flexibility index (Phi) is 5.33. The van der Waals surface area contributed by atoms with E-state index in [1.807, 2.05) is 12.3 Å². The lowest BCUT2D eigenvalue weighted by molar-refractivity contribution is 0.964. The average Bonchev–Trinajstić information content (AvgIpc) is 2.84. The maximum Gasteiger partial charge on any atom is 0.0645 e. The van der Waals surface area contributed by atoms with E-state index in [0.717, 1.165) is 22.6 Å². The van der Waals surface area contributed by atoms with Crippen molar-refractivity contribution in [2.45, 2.75) is 13.8 Å². The van der Waals surface area contributed by atoms with E-state index < -0.39 is 0 Å². The number of aliphatic imine (C=N–C) groups is 1. The Morgan fingerprint density at radius 1 is 0.958 bits per heavy atom. The van der Waals surface area contributed by atoms with Crippen LogP contribution in [-0.4, -0.2) is 10.8 Å². The van der Waals surface area contributed by atoms with E-state index in [0.29, 0.717) is 10.0 Å². The van der Waals surface area contributed by atoms with Crippen molar-refractivity contribution in [1.82, 2.24) is 4.57 Å². The second kappa shape index (κ2) is 7.30. The van der Waals surface area contributed by atoms with Crippen LogP contribution >= 0.6 is 45.8 Å². The molecule has 0 unspecified atom stereocenters. The molecule has 0 fully saturated rings. The van der Waals surface area contributed by atoms with Gasteiger partial charge in [0, 0.05) is 32.4 Å². The number of nitrogens with zero attached hydrogens (tertiary/aromatic N) is 2. The van der Waals surface area contributed by atoms with Crippen LogP contribution in [0.5, 0.6) is 0 Å². The first kappa shape index (κ1) is 17.5. The third kappa shape index (κ3) is 3.68. The molecule has 24 heavy (non-hydrogen) atoms. The first-order valence-electron chi connectivity index (χ1n) is 7.39. The van der Waals surface area contributed by atoms with Crippen LogP contribution in [0.1, 0.15) is 17.0 Å². The van der Waals surface area contributed by atoms with E-state index in [4.69, 9.17) is 23.2 Å². The smallest absolute Gasteiger partial charge is 0.0645 e. The van der Waals surface area contributed by atoms with Gasteiger partial charge in [0.2, 0.25) is 0 Å². The minimum atomic E-state index is 0.510. The fraction of sp³-hybridized carbons (Fsp3) is 0.105. The Balaban J connectivity index is 1.95. The number of hydrogen-bond donors (Lipinski definition) is 0. The summed E-state index contributed by atoms with van der Waals surface area (Å²) in [6.07, 6.45) is 1.87. The second-order valence-electron chi connectivity index (χ2n) is 5.49. The summed E-state index contributed by atoms with van der Waals surface area (Å²) in [7, 11) is 0. The van der Waals surface area contributed by atoms with E-state index in [1.165, 1.54) is 9.26 Å². The number of halogens is 3. The van der Waals surface area contributed by atoms with Gasteiger partial charge in [0.05, 0.1) is 15.7 Å². The predicted molar refractivity (Wildman–Crippen MR) is 112 cm³/mol. The fourth-order valence-electron chi connectivity index (χ4n) is 2.62. The molecule has 0 amide bonds. The molecule has 0 aliphatic rings. The molecule has 0 bridgehead atoms. The molecule has 0 atom stereocenters. The van der Waals surface area contributed by atoms with Gasteiger partial charge < -0.3 is 4.57 Å². The van der Waals surface area contributed by atoms with Crippen LogP contribution in [0.2, 0.25) is 10.0 Å². The molecule has 0 aliphatic carbocycles. The molecule has 122 valence electrons. The topological polar surface area (TPSA) is 17.3 Å². The summed E-state index contributed by atoms with van der Waals surface area (Å²) in [6.45, 7) is 4.20. The van der Waals surface area contributed by atoms with Crippen LogP contribution < -0.4 is 0 Å². The van der Waals surface area contributed by atoms with Crippen molar-refractivity contribution < 1.29 is 0 Å². The minimum absolute atomic E-state index is 0.510. The van der Waals surface area contributed by atoms with Crippen molar-refractivity contribution in [3.05, 3.63) is 79.1 Å². The Labute approximate surface area is 165 Å². The first-order valence-corrected chi connectivity index (χ1v) is 9.23. The minimum Gasteiger partial charge on any atom is -0.318 e. The predicted octanol–water partition coefficient (Wildman–Crippen LogP) is 6.76. The zero-order chi connectivity index (χ0) is 17.3. The molecule has 0 spiro atoms. The lowest BCUT2D eigenvalue weighted by atomic mass is 10.2. The average molecular weight is 469 g/mol. The van der Waals surface area contributed by atoms with E-state index in [2.05, 4.69) is 76.3 Å². The Morgan fingerprint density at radius 2 is 1.67 bits per heavy atom. The van der Waals surface area contributed by atoms with Crippen LogP contribution in [0.4, 0.5) is 5.69 Å². The molecule has 1 heterocycles. The molecule has 2 nitrogen and oxygen atoms in total. The molecule has 5 heteroatoms. The van der Waals surface area contributed by atoms with Crippen LogP contribution in [0.3, 0.4) is 0 Å². The quantitative estimate of drug-likeness (QED) is 0.298. The van der Waals surface area contributed by atoms with Crippen molar-refractivity contribution in [2.75, 3.05) is 0 Å². The van der Waals surface area contributed by atoms with Gasteiger partial charge in [0.1, 0.15) is 0 Å². The van der Waals surface area contributed by atoms with Crippen molar-refractivity contribution in [2.24, 2.45) is 4.99 Å². The maximum absolute atomic E-state index is 6.04. The SMILES string of the molecule is Cc1cc(C=Nc2ccc(Cl)c(Cl)c2)c(C)n1-c1ccc(I)cc1. The lowest BCUT2D eigenvalue weighted by Gasteiger charge is -2.09. The second-order valence-corrected chi connectivity index (χ2v) is 7.55. The van der Waals surface area contributed by atoms with E-state index in [9.17, 15) is 0 Å². The van der Waals surface area contributed by atoms with Crippen molar-refractivity contribution in [3.8, 4) is 5.69 Å². The summed E-state index contributed by atoms with van der Waals surface area (Å²) >= 11 is 14.3. The monoisotopic (exact) mass is 468 g/mol. The molecule has 0 saturated carbocycles. The van der Waals surface area contributed by atoms with Crippen LogP contribution in [-0.2, 0) is 0 Å². The fourth-order valence-corrected chi connectivity index (χ4v) is 3.27. The van der Waals surface area contributed by atoms with Crippen molar-refractivity contribution in [3.63, 3.8) is 0 Å². The molecular formula is C19H15Cl2IN2. The highest BCUT2D eigenvalue weighted by molar-refractivity contribution is 14.1. The van der Waals surface area contributed by atoms with E-state index in [-0.39, 0.29) is 0 Å². The third-order valence-electron chi connectivity index (χ3n) is 3.81. The molecule has 1 aromatic heterocycles. The Bertz CT molecular complexity index is 912. The van der Waals surface area contributed by atoms with Gasteiger partial charge >= 0.3 is 0 Å². The number of rotatable bonds is 3. The van der Waals surface area contributed by atoms with Gasteiger partial charge in [-0.15, -0.1) is 0 Å². The van der Waals surface area contributed by atoms with E-state index >= 15 is 0 Å². The third-order valence-corrected chi connectivity index (χ3v) is 5.27. The number of benzene rings is 2. The molecular weight excluding hydrogens is 454 g/mol. The van der Waals surface area contributed by atoms with Crippen LogP contribution in [0, 0.1) is 17.4 Å². The number of aromatic nitrogens is 1. The summed E-state index contributed by atoms with van der Waals surface area (Å²) < 4.78 is 3.45. The molecule has 3 rings (SSSR count). The summed E-state index contributed by atoms with van der Waals surface area (Å²) in [5, 5.41) is 1.04. The van der Waals surface area contributed by atoms with Gasteiger partial charge in [-0.3, -0.25) is 4.99 Å². The molecule has 2 aromatic carbocycles. The van der Waals surface area contributed by atoms with Crippen molar-refractivity contribution in [1.29, 1.82) is 0 Å². The lowest BCUT2D eigenvalue weighted by Crippen LogP contribution is -1.99. The van der Waals surface area contributed by atoms with E-state index in [1.54, 1.807) is 12.1 Å². The highest BCUT2D eigenvalue weighted by Gasteiger charge is 2.09. The molecule has 3 aromatic rings. The van der Waals surface area contributed by atoms with Crippen LogP contribution in [0.25, 0.3) is 5.69 Å². The van der Waals surface area contributed by atoms with Gasteiger partial charge in [-0.05, 0) is 85.0 Å². The zero-order valence-corrected chi connectivity index (χ0v) is 16.9. The summed E-state index contributed by atoms with van der Waals surface area (Å²) in [6, 6.07) is 16.0.